The molecular weight excluding hydrogens is 363 g/mol. The van der Waals surface area contributed by atoms with Crippen molar-refractivity contribution < 1.29 is 28.7 Å². The van der Waals surface area contributed by atoms with E-state index in [0.717, 1.165) is 18.3 Å². The second-order valence-corrected chi connectivity index (χ2v) is 4.98. The maximum absolute atomic E-state index is 13.4. The van der Waals surface area contributed by atoms with Crippen molar-refractivity contribution >= 4 is 29.4 Å². The minimum Gasteiger partial charge on any atom is -0.500 e. The Balaban J connectivity index is 2.07. The Hall–Kier alpha value is -4.02. The monoisotopic (exact) mass is 376 g/mol. The fraction of sp³-hybridized carbons (Fsp3) is 0.0625. The summed E-state index contributed by atoms with van der Waals surface area (Å²) in [5, 5.41) is 26.1. The molecule has 0 radical (unpaired) electrons. The number of nitrogens with one attached hydrogen (secondary N) is 2. The van der Waals surface area contributed by atoms with Gasteiger partial charge in [-0.2, -0.15) is 5.10 Å². The van der Waals surface area contributed by atoms with Crippen molar-refractivity contribution in [3.63, 3.8) is 0 Å². The molecule has 0 saturated heterocycles. The van der Waals surface area contributed by atoms with E-state index in [0.29, 0.717) is 0 Å². The van der Waals surface area contributed by atoms with Crippen molar-refractivity contribution in [3.05, 3.63) is 57.9 Å². The Morgan fingerprint density at radius 1 is 1.30 bits per heavy atom. The van der Waals surface area contributed by atoms with Gasteiger partial charge in [-0.25, -0.2) is 9.82 Å². The van der Waals surface area contributed by atoms with E-state index in [1.54, 1.807) is 0 Å². The molecule has 11 heteroatoms. The predicted octanol–water partition coefficient (Wildman–Crippen LogP) is 1.54. The first-order valence-electron chi connectivity index (χ1n) is 7.27. The van der Waals surface area contributed by atoms with E-state index < -0.39 is 34.0 Å². The maximum atomic E-state index is 13.4. The van der Waals surface area contributed by atoms with Gasteiger partial charge in [-0.05, 0) is 18.2 Å². The Kier molecular flexibility index (Phi) is 5.99. The van der Waals surface area contributed by atoms with Gasteiger partial charge >= 0.3 is 17.5 Å². The second-order valence-electron chi connectivity index (χ2n) is 4.98. The molecule has 0 spiro atoms. The molecule has 0 heterocycles. The second kappa shape index (κ2) is 8.38. The first kappa shape index (κ1) is 19.3. The lowest BCUT2D eigenvalue weighted by atomic mass is 10.2. The summed E-state index contributed by atoms with van der Waals surface area (Å²) in [6, 6.07) is 7.49. The maximum Gasteiger partial charge on any atom is 0.329 e. The van der Waals surface area contributed by atoms with Crippen LogP contribution in [0.4, 0.5) is 15.8 Å². The summed E-state index contributed by atoms with van der Waals surface area (Å²) in [5.74, 6) is -3.89. The number of anilines is 1. The molecule has 2 aromatic carbocycles. The molecule has 0 bridgehead atoms. The zero-order valence-electron chi connectivity index (χ0n) is 13.8. The number of phenolic OH excluding ortho intramolecular Hbond substituents is 1. The number of phenols is 1. The van der Waals surface area contributed by atoms with Gasteiger partial charge in [0, 0.05) is 11.6 Å². The van der Waals surface area contributed by atoms with Crippen LogP contribution >= 0.6 is 0 Å². The molecule has 140 valence electrons. The number of nitrogens with zero attached hydrogens (tertiary/aromatic N) is 2. The lowest BCUT2D eigenvalue weighted by Crippen LogP contribution is -2.32. The summed E-state index contributed by atoms with van der Waals surface area (Å²) in [4.78, 5) is 33.4. The summed E-state index contributed by atoms with van der Waals surface area (Å²) in [6.45, 7) is 0. The molecular formula is C16H13FN4O6. The molecule has 2 aromatic rings. The molecule has 2 amide bonds. The molecule has 0 atom stereocenters. The van der Waals surface area contributed by atoms with Crippen LogP contribution in [0.5, 0.6) is 11.5 Å². The fourth-order valence-electron chi connectivity index (χ4n) is 1.94. The van der Waals surface area contributed by atoms with Crippen molar-refractivity contribution in [2.75, 3.05) is 12.4 Å². The molecule has 0 aliphatic heterocycles. The third kappa shape index (κ3) is 4.75. The van der Waals surface area contributed by atoms with Crippen LogP contribution in [-0.4, -0.2) is 35.2 Å². The van der Waals surface area contributed by atoms with Crippen LogP contribution in [0.25, 0.3) is 0 Å². The number of benzene rings is 2. The Morgan fingerprint density at radius 2 is 2.00 bits per heavy atom. The van der Waals surface area contributed by atoms with Gasteiger partial charge in [0.2, 0.25) is 5.75 Å². The number of carbonyl (C=O) groups is 2. The minimum absolute atomic E-state index is 0.117. The zero-order chi connectivity index (χ0) is 20.0. The molecule has 3 N–H and O–H groups in total. The third-order valence-corrected chi connectivity index (χ3v) is 3.20. The number of ether oxygens (including phenoxy) is 1. The number of nitro benzene ring substituents is 1. The number of methoxy groups -OCH3 is 1. The number of halogens is 1. The summed E-state index contributed by atoms with van der Waals surface area (Å²) >= 11 is 0. The summed E-state index contributed by atoms with van der Waals surface area (Å²) < 4.78 is 18.2. The third-order valence-electron chi connectivity index (χ3n) is 3.20. The average molecular weight is 376 g/mol. The van der Waals surface area contributed by atoms with Gasteiger partial charge in [0.15, 0.2) is 5.75 Å². The topological polar surface area (TPSA) is 143 Å². The number of amides is 2. The van der Waals surface area contributed by atoms with Gasteiger partial charge in [-0.3, -0.25) is 19.7 Å². The number of hydrazone groups is 1. The van der Waals surface area contributed by atoms with Gasteiger partial charge in [-0.1, -0.05) is 12.1 Å². The van der Waals surface area contributed by atoms with E-state index in [9.17, 15) is 29.2 Å². The van der Waals surface area contributed by atoms with E-state index in [4.69, 9.17) is 4.74 Å². The van der Waals surface area contributed by atoms with E-state index in [-0.39, 0.29) is 17.0 Å². The molecule has 10 nitrogen and oxygen atoms in total. The molecule has 0 aliphatic rings. The van der Waals surface area contributed by atoms with E-state index in [2.05, 4.69) is 10.4 Å². The van der Waals surface area contributed by atoms with Crippen LogP contribution < -0.4 is 15.5 Å². The van der Waals surface area contributed by atoms with E-state index in [1.807, 2.05) is 5.43 Å². The zero-order valence-corrected chi connectivity index (χ0v) is 13.8. The molecule has 2 rings (SSSR count). The Bertz CT molecular complexity index is 931. The van der Waals surface area contributed by atoms with Crippen LogP contribution in [0, 0.1) is 15.9 Å². The van der Waals surface area contributed by atoms with Gasteiger partial charge in [0.1, 0.15) is 5.82 Å². The Morgan fingerprint density at radius 3 is 2.63 bits per heavy atom. The quantitative estimate of drug-likeness (QED) is 0.313. The highest BCUT2D eigenvalue weighted by atomic mass is 19.1. The van der Waals surface area contributed by atoms with Gasteiger partial charge < -0.3 is 15.2 Å². The predicted molar refractivity (Wildman–Crippen MR) is 92.1 cm³/mol. The van der Waals surface area contributed by atoms with Crippen LogP contribution in [0.1, 0.15) is 5.56 Å². The summed E-state index contributed by atoms with van der Waals surface area (Å²) in [6.07, 6.45) is 1.00. The highest BCUT2D eigenvalue weighted by molar-refractivity contribution is 6.39. The number of hydrogen-bond acceptors (Lipinski definition) is 7. The number of rotatable bonds is 5. The normalized spacial score (nSPS) is 10.4. The number of carbonyl (C=O) groups excluding carboxylic acids is 2. The van der Waals surface area contributed by atoms with Crippen LogP contribution in [0.3, 0.4) is 0 Å². The molecule has 0 aliphatic carbocycles. The number of aromatic hydroxyl groups is 1. The number of nitro groups is 1. The first-order chi connectivity index (χ1) is 12.8. The fourth-order valence-corrected chi connectivity index (χ4v) is 1.94. The summed E-state index contributed by atoms with van der Waals surface area (Å²) in [7, 11) is 1.20. The van der Waals surface area contributed by atoms with Crippen molar-refractivity contribution in [2.45, 2.75) is 0 Å². The molecule has 0 saturated carbocycles. The lowest BCUT2D eigenvalue weighted by molar-refractivity contribution is -0.386. The van der Waals surface area contributed by atoms with Gasteiger partial charge in [0.25, 0.3) is 0 Å². The Labute approximate surface area is 151 Å². The van der Waals surface area contributed by atoms with Crippen LogP contribution in [0.2, 0.25) is 0 Å². The van der Waals surface area contributed by atoms with Gasteiger partial charge in [0.05, 0.1) is 23.9 Å². The van der Waals surface area contributed by atoms with Crippen molar-refractivity contribution in [1.82, 2.24) is 5.43 Å². The largest absolute Gasteiger partial charge is 0.500 e. The van der Waals surface area contributed by atoms with E-state index >= 15 is 0 Å². The first-order valence-corrected chi connectivity index (χ1v) is 7.27. The molecule has 27 heavy (non-hydrogen) atoms. The smallest absolute Gasteiger partial charge is 0.329 e. The molecule has 0 fully saturated rings. The van der Waals surface area contributed by atoms with E-state index in [1.165, 1.54) is 31.4 Å². The molecule has 0 unspecified atom stereocenters. The van der Waals surface area contributed by atoms with Crippen molar-refractivity contribution in [1.29, 1.82) is 0 Å². The highest BCUT2D eigenvalue weighted by Crippen LogP contribution is 2.36. The van der Waals surface area contributed by atoms with Crippen molar-refractivity contribution in [2.24, 2.45) is 5.10 Å². The van der Waals surface area contributed by atoms with Crippen LogP contribution in [-0.2, 0) is 9.59 Å². The van der Waals surface area contributed by atoms with Crippen molar-refractivity contribution in [3.8, 4) is 11.5 Å². The number of para-hydroxylation sites is 1. The number of hydrogen-bond donors (Lipinski definition) is 3. The SMILES string of the molecule is COc1cc(/C=N/NC(=O)C(=O)Nc2ccccc2F)cc([N+](=O)[O-])c1O. The minimum atomic E-state index is -1.19. The standard InChI is InChI=1S/C16H13FN4O6/c1-27-13-7-9(6-12(14(13)22)21(25)26)8-18-20-16(24)15(23)19-11-5-3-2-4-10(11)17/h2-8,22H,1H3,(H,19,23)(H,20,24)/b18-8+. The highest BCUT2D eigenvalue weighted by Gasteiger charge is 2.19. The average Bonchev–Trinajstić information content (AvgIpc) is 2.64. The lowest BCUT2D eigenvalue weighted by Gasteiger charge is -2.05. The summed E-state index contributed by atoms with van der Waals surface area (Å²) in [5.41, 5.74) is 1.21. The van der Waals surface area contributed by atoms with Crippen LogP contribution in [0.15, 0.2) is 41.5 Å². The molecule has 0 aromatic heterocycles. The van der Waals surface area contributed by atoms with Gasteiger partial charge in [-0.15, -0.1) is 0 Å².